The normalized spacial score (nSPS) is 19.3. The molecule has 0 bridgehead atoms. The van der Waals surface area contributed by atoms with Crippen molar-refractivity contribution in [3.8, 4) is 0 Å². The lowest BCUT2D eigenvalue weighted by molar-refractivity contribution is -0.143. The van der Waals surface area contributed by atoms with Gasteiger partial charge in [0.15, 0.2) is 0 Å². The molecule has 0 radical (unpaired) electrons. The van der Waals surface area contributed by atoms with Gasteiger partial charge < -0.3 is 10.0 Å². The Morgan fingerprint density at radius 2 is 1.91 bits per heavy atom. The maximum Gasteiger partial charge on any atom is 0.306 e. The fraction of sp³-hybridized carbons (Fsp3) is 0.706. The van der Waals surface area contributed by atoms with E-state index in [4.69, 9.17) is 5.11 Å². The third-order valence-electron chi connectivity index (χ3n) is 4.74. The first kappa shape index (κ1) is 16.0. The molecule has 0 atom stereocenters. The van der Waals surface area contributed by atoms with Gasteiger partial charge in [0.25, 0.3) is 5.91 Å². The number of carboxylic acids is 1. The third-order valence-corrected chi connectivity index (χ3v) is 4.74. The summed E-state index contributed by atoms with van der Waals surface area (Å²) in [5, 5.41) is 13.5. The van der Waals surface area contributed by atoms with Crippen LogP contribution in [0.3, 0.4) is 0 Å². The van der Waals surface area contributed by atoms with Gasteiger partial charge in [-0.05, 0) is 31.6 Å². The van der Waals surface area contributed by atoms with Crippen LogP contribution in [0.1, 0.15) is 61.5 Å². The van der Waals surface area contributed by atoms with E-state index < -0.39 is 5.97 Å². The molecule has 1 N–H and O–H groups in total. The van der Waals surface area contributed by atoms with Gasteiger partial charge >= 0.3 is 5.97 Å². The zero-order valence-corrected chi connectivity index (χ0v) is 13.9. The summed E-state index contributed by atoms with van der Waals surface area (Å²) < 4.78 is 2.00. The molecule has 1 saturated heterocycles. The predicted octanol–water partition coefficient (Wildman–Crippen LogP) is 2.35. The van der Waals surface area contributed by atoms with Crippen molar-refractivity contribution >= 4 is 11.9 Å². The van der Waals surface area contributed by atoms with Crippen LogP contribution in [0.2, 0.25) is 0 Å². The lowest BCUT2D eigenvalue weighted by Gasteiger charge is -2.30. The van der Waals surface area contributed by atoms with Crippen LogP contribution in [-0.4, -0.2) is 44.8 Å². The number of carbonyl (C=O) groups excluding carboxylic acids is 1. The van der Waals surface area contributed by atoms with Gasteiger partial charge in [-0.25, -0.2) is 0 Å². The molecule has 126 valence electrons. The Morgan fingerprint density at radius 1 is 1.26 bits per heavy atom. The Labute approximate surface area is 136 Å². The van der Waals surface area contributed by atoms with Gasteiger partial charge in [-0.1, -0.05) is 13.8 Å². The number of hydrogen-bond acceptors (Lipinski definition) is 3. The lowest BCUT2D eigenvalue weighted by Crippen LogP contribution is -2.40. The minimum Gasteiger partial charge on any atom is -0.481 e. The van der Waals surface area contributed by atoms with E-state index in [-0.39, 0.29) is 11.8 Å². The van der Waals surface area contributed by atoms with E-state index >= 15 is 0 Å². The van der Waals surface area contributed by atoms with Gasteiger partial charge in [0.05, 0.1) is 23.4 Å². The van der Waals surface area contributed by atoms with Crippen LogP contribution in [0, 0.1) is 11.8 Å². The summed E-state index contributed by atoms with van der Waals surface area (Å²) in [4.78, 5) is 25.7. The molecule has 1 amide bonds. The van der Waals surface area contributed by atoms with Crippen LogP contribution < -0.4 is 0 Å². The monoisotopic (exact) mass is 319 g/mol. The molecule has 1 aromatic heterocycles. The highest BCUT2D eigenvalue weighted by Crippen LogP contribution is 2.42. The number of aromatic nitrogens is 2. The van der Waals surface area contributed by atoms with E-state index in [1.54, 1.807) is 11.1 Å². The second-order valence-corrected chi connectivity index (χ2v) is 7.20. The summed E-state index contributed by atoms with van der Waals surface area (Å²) in [5.41, 5.74) is 1.81. The maximum atomic E-state index is 12.9. The molecular formula is C17H25N3O3. The molecule has 1 aliphatic heterocycles. The smallest absolute Gasteiger partial charge is 0.306 e. The molecule has 0 unspecified atom stereocenters. The standard InChI is InChI=1S/C17H25N3O3/c1-11(2)10-20-15(12-3-4-12)14(9-18-20)16(21)19-7-5-13(6-8-19)17(22)23/h9,11-13H,3-8,10H2,1-2H3,(H,22,23). The number of hydrogen-bond donors (Lipinski definition) is 1. The SMILES string of the molecule is CC(C)Cn1ncc(C(=O)N2CCC(C(=O)O)CC2)c1C1CC1. The highest BCUT2D eigenvalue weighted by Gasteiger charge is 2.35. The number of piperidine rings is 1. The van der Waals surface area contributed by atoms with Gasteiger partial charge in [-0.2, -0.15) is 5.10 Å². The van der Waals surface area contributed by atoms with Crippen molar-refractivity contribution in [2.24, 2.45) is 11.8 Å². The zero-order valence-electron chi connectivity index (χ0n) is 13.9. The van der Waals surface area contributed by atoms with E-state index in [1.807, 2.05) is 4.68 Å². The number of likely N-dealkylation sites (tertiary alicyclic amines) is 1. The van der Waals surface area contributed by atoms with Gasteiger partial charge in [0.1, 0.15) is 0 Å². The van der Waals surface area contributed by atoms with Crippen LogP contribution in [0.4, 0.5) is 0 Å². The summed E-state index contributed by atoms with van der Waals surface area (Å²) >= 11 is 0. The van der Waals surface area contributed by atoms with Gasteiger partial charge in [-0.3, -0.25) is 14.3 Å². The molecule has 0 spiro atoms. The van der Waals surface area contributed by atoms with Crippen LogP contribution in [0.25, 0.3) is 0 Å². The first-order chi connectivity index (χ1) is 11.0. The highest BCUT2D eigenvalue weighted by atomic mass is 16.4. The van der Waals surface area contributed by atoms with Gasteiger partial charge in [0, 0.05) is 25.6 Å². The molecule has 23 heavy (non-hydrogen) atoms. The third kappa shape index (κ3) is 3.41. The minimum atomic E-state index is -0.750. The van der Waals surface area contributed by atoms with Crippen LogP contribution in [0.15, 0.2) is 6.20 Å². The summed E-state index contributed by atoms with van der Waals surface area (Å²) in [6.07, 6.45) is 5.05. The Hall–Kier alpha value is -1.85. The number of carbonyl (C=O) groups is 2. The summed E-state index contributed by atoms with van der Waals surface area (Å²) in [6.45, 7) is 6.18. The number of amides is 1. The van der Waals surface area contributed by atoms with Gasteiger partial charge in [-0.15, -0.1) is 0 Å². The van der Waals surface area contributed by atoms with E-state index in [0.717, 1.165) is 30.6 Å². The van der Waals surface area contributed by atoms with Crippen molar-refractivity contribution in [1.82, 2.24) is 14.7 Å². The number of rotatable bonds is 5. The topological polar surface area (TPSA) is 75.4 Å². The molecule has 6 heteroatoms. The van der Waals surface area contributed by atoms with Crippen molar-refractivity contribution in [1.29, 1.82) is 0 Å². The number of carboxylic acid groups (broad SMARTS) is 1. The Bertz CT molecular complexity index is 596. The van der Waals surface area contributed by atoms with Crippen LogP contribution in [0.5, 0.6) is 0 Å². The Balaban J connectivity index is 1.75. The number of nitrogens with zero attached hydrogens (tertiary/aromatic N) is 3. The van der Waals surface area contributed by atoms with E-state index in [0.29, 0.717) is 37.8 Å². The Kier molecular flexibility index (Phi) is 4.41. The maximum absolute atomic E-state index is 12.9. The average Bonchev–Trinajstić information content (AvgIpc) is 3.27. The van der Waals surface area contributed by atoms with E-state index in [1.165, 1.54) is 0 Å². The van der Waals surface area contributed by atoms with E-state index in [9.17, 15) is 9.59 Å². The quantitative estimate of drug-likeness (QED) is 0.904. The minimum absolute atomic E-state index is 0.0192. The molecular weight excluding hydrogens is 294 g/mol. The molecule has 1 saturated carbocycles. The van der Waals surface area contributed by atoms with Crippen molar-refractivity contribution in [3.63, 3.8) is 0 Å². The molecule has 1 aliphatic carbocycles. The molecule has 2 fully saturated rings. The highest BCUT2D eigenvalue weighted by molar-refractivity contribution is 5.95. The molecule has 1 aromatic rings. The molecule has 3 rings (SSSR count). The fourth-order valence-corrected chi connectivity index (χ4v) is 3.34. The van der Waals surface area contributed by atoms with Crippen LogP contribution in [-0.2, 0) is 11.3 Å². The van der Waals surface area contributed by atoms with Crippen molar-refractivity contribution in [3.05, 3.63) is 17.5 Å². The average molecular weight is 319 g/mol. The molecule has 6 nitrogen and oxygen atoms in total. The molecule has 2 heterocycles. The fourth-order valence-electron chi connectivity index (χ4n) is 3.34. The molecule has 2 aliphatic rings. The van der Waals surface area contributed by atoms with E-state index in [2.05, 4.69) is 18.9 Å². The second-order valence-electron chi connectivity index (χ2n) is 7.20. The predicted molar refractivity (Wildman–Crippen MR) is 85.3 cm³/mol. The van der Waals surface area contributed by atoms with Crippen molar-refractivity contribution in [2.75, 3.05) is 13.1 Å². The summed E-state index contributed by atoms with van der Waals surface area (Å²) in [6, 6.07) is 0. The Morgan fingerprint density at radius 3 is 2.43 bits per heavy atom. The first-order valence-electron chi connectivity index (χ1n) is 8.55. The van der Waals surface area contributed by atoms with Crippen molar-refractivity contribution in [2.45, 2.75) is 52.0 Å². The number of aliphatic carboxylic acids is 1. The zero-order chi connectivity index (χ0) is 16.6. The van der Waals surface area contributed by atoms with Crippen molar-refractivity contribution < 1.29 is 14.7 Å². The molecule has 0 aromatic carbocycles. The first-order valence-corrected chi connectivity index (χ1v) is 8.55. The lowest BCUT2D eigenvalue weighted by atomic mass is 9.96. The largest absolute Gasteiger partial charge is 0.481 e. The van der Waals surface area contributed by atoms with Crippen LogP contribution >= 0.6 is 0 Å². The summed E-state index contributed by atoms with van der Waals surface area (Å²) in [5.74, 6) is -0.0923. The van der Waals surface area contributed by atoms with Gasteiger partial charge in [0.2, 0.25) is 0 Å². The summed E-state index contributed by atoms with van der Waals surface area (Å²) in [7, 11) is 0. The second kappa shape index (κ2) is 6.34.